The van der Waals surface area contributed by atoms with Gasteiger partial charge in [-0.2, -0.15) is 0 Å². The van der Waals surface area contributed by atoms with Crippen molar-refractivity contribution in [2.75, 3.05) is 19.8 Å². The highest BCUT2D eigenvalue weighted by atomic mass is 35.5. The summed E-state index contributed by atoms with van der Waals surface area (Å²) in [6.07, 6.45) is -0.950. The highest BCUT2D eigenvalue weighted by Crippen LogP contribution is 2.15. The Kier molecular flexibility index (Phi) is 5.76. The summed E-state index contributed by atoms with van der Waals surface area (Å²) in [5, 5.41) is 20.5. The van der Waals surface area contributed by atoms with Crippen molar-refractivity contribution >= 4 is 17.5 Å². The number of rotatable bonds is 6. The minimum absolute atomic E-state index is 0.000683. The summed E-state index contributed by atoms with van der Waals surface area (Å²) < 4.78 is 5.17. The largest absolute Gasteiger partial charge is 0.484 e. The van der Waals surface area contributed by atoms with Gasteiger partial charge in [0.2, 0.25) is 0 Å². The maximum Gasteiger partial charge on any atom is 0.258 e. The van der Waals surface area contributed by atoms with Crippen LogP contribution in [-0.2, 0) is 4.79 Å². The molecule has 0 saturated carbocycles. The van der Waals surface area contributed by atoms with Crippen molar-refractivity contribution in [3.8, 4) is 5.75 Å². The second-order valence-electron chi connectivity index (χ2n) is 3.38. The molecule has 1 unspecified atom stereocenters. The molecule has 17 heavy (non-hydrogen) atoms. The van der Waals surface area contributed by atoms with Gasteiger partial charge in [0.1, 0.15) is 5.75 Å². The summed E-state index contributed by atoms with van der Waals surface area (Å²) in [6, 6.07) is 6.62. The Balaban J connectivity index is 2.26. The van der Waals surface area contributed by atoms with E-state index in [1.807, 2.05) is 0 Å². The number of nitrogens with one attached hydrogen (secondary N) is 1. The molecule has 94 valence electrons. The minimum Gasteiger partial charge on any atom is -0.484 e. The lowest BCUT2D eigenvalue weighted by molar-refractivity contribution is -0.123. The van der Waals surface area contributed by atoms with Crippen LogP contribution < -0.4 is 10.1 Å². The first kappa shape index (κ1) is 13.8. The van der Waals surface area contributed by atoms with Crippen LogP contribution in [0.3, 0.4) is 0 Å². The van der Waals surface area contributed by atoms with Gasteiger partial charge in [-0.3, -0.25) is 4.79 Å². The van der Waals surface area contributed by atoms with Crippen LogP contribution in [0.1, 0.15) is 0 Å². The summed E-state index contributed by atoms with van der Waals surface area (Å²) in [5.74, 6) is 0.166. The molecule has 0 bridgehead atoms. The van der Waals surface area contributed by atoms with E-state index in [1.54, 1.807) is 24.3 Å². The van der Waals surface area contributed by atoms with Crippen LogP contribution >= 0.6 is 11.6 Å². The van der Waals surface area contributed by atoms with E-state index in [9.17, 15) is 4.79 Å². The Bertz CT molecular complexity index is 355. The van der Waals surface area contributed by atoms with Gasteiger partial charge in [-0.1, -0.05) is 11.6 Å². The van der Waals surface area contributed by atoms with E-state index < -0.39 is 12.7 Å². The van der Waals surface area contributed by atoms with Crippen LogP contribution in [0.2, 0.25) is 5.02 Å². The number of aliphatic hydroxyl groups excluding tert-OH is 2. The van der Waals surface area contributed by atoms with Gasteiger partial charge in [-0.15, -0.1) is 0 Å². The van der Waals surface area contributed by atoms with Gasteiger partial charge in [0.05, 0.1) is 12.7 Å². The smallest absolute Gasteiger partial charge is 0.258 e. The van der Waals surface area contributed by atoms with E-state index in [-0.39, 0.29) is 19.1 Å². The Morgan fingerprint density at radius 2 is 2.06 bits per heavy atom. The zero-order chi connectivity index (χ0) is 12.7. The zero-order valence-electron chi connectivity index (χ0n) is 9.10. The quantitative estimate of drug-likeness (QED) is 0.681. The molecular weight excluding hydrogens is 246 g/mol. The van der Waals surface area contributed by atoms with Crippen LogP contribution in [0.15, 0.2) is 24.3 Å². The van der Waals surface area contributed by atoms with Crippen LogP contribution in [0.4, 0.5) is 0 Å². The van der Waals surface area contributed by atoms with E-state index in [0.717, 1.165) is 0 Å². The van der Waals surface area contributed by atoms with E-state index in [4.69, 9.17) is 26.6 Å². The van der Waals surface area contributed by atoms with Gasteiger partial charge in [0.15, 0.2) is 6.61 Å². The molecule has 0 saturated heterocycles. The first-order chi connectivity index (χ1) is 8.11. The molecular formula is C11H14ClNO4. The lowest BCUT2D eigenvalue weighted by Crippen LogP contribution is -2.36. The maximum absolute atomic E-state index is 11.2. The first-order valence-corrected chi connectivity index (χ1v) is 5.43. The van der Waals surface area contributed by atoms with Crippen LogP contribution in [0, 0.1) is 0 Å². The Morgan fingerprint density at radius 3 is 2.65 bits per heavy atom. The third-order valence-electron chi connectivity index (χ3n) is 1.93. The molecule has 1 aromatic carbocycles. The Morgan fingerprint density at radius 1 is 1.41 bits per heavy atom. The van der Waals surface area contributed by atoms with Gasteiger partial charge in [-0.05, 0) is 24.3 Å². The maximum atomic E-state index is 11.2. The Labute approximate surface area is 104 Å². The van der Waals surface area contributed by atoms with Crippen molar-refractivity contribution in [1.82, 2.24) is 5.32 Å². The SMILES string of the molecule is O=C(COc1ccc(Cl)cc1)NCC(O)CO. The number of hydrogen-bond donors (Lipinski definition) is 3. The topological polar surface area (TPSA) is 78.8 Å². The predicted octanol–water partition coefficient (Wildman–Crippen LogP) is 0.188. The fourth-order valence-electron chi connectivity index (χ4n) is 1.03. The number of ether oxygens (including phenoxy) is 1. The van der Waals surface area contributed by atoms with Gasteiger partial charge >= 0.3 is 0 Å². The normalized spacial score (nSPS) is 11.9. The monoisotopic (exact) mass is 259 g/mol. The molecule has 5 nitrogen and oxygen atoms in total. The van der Waals surface area contributed by atoms with E-state index in [1.165, 1.54) is 0 Å². The third kappa shape index (κ3) is 5.53. The van der Waals surface area contributed by atoms with Crippen LogP contribution in [-0.4, -0.2) is 42.0 Å². The van der Waals surface area contributed by atoms with Crippen molar-refractivity contribution in [3.05, 3.63) is 29.3 Å². The summed E-state index contributed by atoms with van der Waals surface area (Å²) in [6.45, 7) is -0.544. The number of halogens is 1. The molecule has 0 aliphatic heterocycles. The van der Waals surface area contributed by atoms with E-state index in [0.29, 0.717) is 10.8 Å². The molecule has 0 spiro atoms. The van der Waals surface area contributed by atoms with Crippen LogP contribution in [0.5, 0.6) is 5.75 Å². The zero-order valence-corrected chi connectivity index (χ0v) is 9.85. The van der Waals surface area contributed by atoms with Gasteiger partial charge < -0.3 is 20.3 Å². The summed E-state index contributed by atoms with van der Waals surface area (Å²) in [7, 11) is 0. The molecule has 1 amide bonds. The van der Waals surface area contributed by atoms with E-state index >= 15 is 0 Å². The Hall–Kier alpha value is -1.30. The number of carbonyl (C=O) groups excluding carboxylic acids is 1. The highest BCUT2D eigenvalue weighted by Gasteiger charge is 2.06. The number of benzene rings is 1. The molecule has 1 rings (SSSR count). The van der Waals surface area contributed by atoms with Gasteiger partial charge in [0.25, 0.3) is 5.91 Å². The molecule has 0 aromatic heterocycles. The number of hydrogen-bond acceptors (Lipinski definition) is 4. The summed E-state index contributed by atoms with van der Waals surface area (Å²) in [5.41, 5.74) is 0. The van der Waals surface area contributed by atoms with Crippen molar-refractivity contribution in [2.24, 2.45) is 0 Å². The molecule has 0 heterocycles. The van der Waals surface area contributed by atoms with Crippen LogP contribution in [0.25, 0.3) is 0 Å². The van der Waals surface area contributed by atoms with Crippen molar-refractivity contribution < 1.29 is 19.7 Å². The number of amides is 1. The molecule has 3 N–H and O–H groups in total. The lowest BCUT2D eigenvalue weighted by atomic mass is 10.3. The summed E-state index contributed by atoms with van der Waals surface area (Å²) in [4.78, 5) is 11.2. The molecule has 0 aliphatic carbocycles. The summed E-state index contributed by atoms with van der Waals surface area (Å²) >= 11 is 5.69. The van der Waals surface area contributed by atoms with Crippen molar-refractivity contribution in [3.63, 3.8) is 0 Å². The highest BCUT2D eigenvalue weighted by molar-refractivity contribution is 6.30. The molecule has 6 heteroatoms. The van der Waals surface area contributed by atoms with Crippen molar-refractivity contribution in [2.45, 2.75) is 6.10 Å². The minimum atomic E-state index is -0.950. The predicted molar refractivity (Wildman–Crippen MR) is 63.0 cm³/mol. The lowest BCUT2D eigenvalue weighted by Gasteiger charge is -2.09. The van der Waals surface area contributed by atoms with E-state index in [2.05, 4.69) is 5.32 Å². The average molecular weight is 260 g/mol. The average Bonchev–Trinajstić information content (AvgIpc) is 2.35. The van der Waals surface area contributed by atoms with Crippen molar-refractivity contribution in [1.29, 1.82) is 0 Å². The third-order valence-corrected chi connectivity index (χ3v) is 2.18. The van der Waals surface area contributed by atoms with Gasteiger partial charge in [0, 0.05) is 11.6 Å². The second kappa shape index (κ2) is 7.11. The number of aliphatic hydroxyl groups is 2. The fourth-order valence-corrected chi connectivity index (χ4v) is 1.15. The standard InChI is InChI=1S/C11H14ClNO4/c12-8-1-3-10(4-2-8)17-7-11(16)13-5-9(15)6-14/h1-4,9,14-15H,5-7H2,(H,13,16). The number of carbonyl (C=O) groups is 1. The second-order valence-corrected chi connectivity index (χ2v) is 3.82. The molecule has 0 aliphatic rings. The van der Waals surface area contributed by atoms with Gasteiger partial charge in [-0.25, -0.2) is 0 Å². The molecule has 0 radical (unpaired) electrons. The molecule has 1 atom stereocenters. The fraction of sp³-hybridized carbons (Fsp3) is 0.364. The molecule has 0 fully saturated rings. The first-order valence-electron chi connectivity index (χ1n) is 5.06. The molecule has 1 aromatic rings.